The first-order chi connectivity index (χ1) is 10.0. The van der Waals surface area contributed by atoms with E-state index in [0.717, 1.165) is 13.0 Å². The summed E-state index contributed by atoms with van der Waals surface area (Å²) in [5, 5.41) is 2.72. The standard InChI is InChI=1S/C15H20ClN3O2/c1-10-6-11(7-17)8-19(10)9-14(20)18-15(21)12-4-2-3-5-13(12)16/h2-5,10-11H,6-9,17H2,1H3,(H,18,20,21). The molecule has 2 unspecified atom stereocenters. The summed E-state index contributed by atoms with van der Waals surface area (Å²) in [5.41, 5.74) is 5.97. The summed E-state index contributed by atoms with van der Waals surface area (Å²) in [5.74, 6) is -0.357. The highest BCUT2D eigenvalue weighted by Crippen LogP contribution is 2.21. The molecule has 21 heavy (non-hydrogen) atoms. The number of likely N-dealkylation sites (tertiary alicyclic amines) is 1. The number of hydrogen-bond donors (Lipinski definition) is 2. The number of benzene rings is 1. The van der Waals surface area contributed by atoms with Crippen molar-refractivity contribution in [3.63, 3.8) is 0 Å². The maximum Gasteiger partial charge on any atom is 0.259 e. The minimum absolute atomic E-state index is 0.202. The molecular weight excluding hydrogens is 290 g/mol. The fourth-order valence-electron chi connectivity index (χ4n) is 2.67. The van der Waals surface area contributed by atoms with Gasteiger partial charge in [-0.2, -0.15) is 0 Å². The summed E-state index contributed by atoms with van der Waals surface area (Å²) in [4.78, 5) is 26.0. The van der Waals surface area contributed by atoms with Crippen LogP contribution in [0.15, 0.2) is 24.3 Å². The Bertz CT molecular complexity index is 535. The van der Waals surface area contributed by atoms with Crippen molar-refractivity contribution >= 4 is 23.4 Å². The van der Waals surface area contributed by atoms with E-state index in [1.165, 1.54) is 0 Å². The Morgan fingerprint density at radius 2 is 2.14 bits per heavy atom. The molecule has 0 aromatic heterocycles. The van der Waals surface area contributed by atoms with Crippen molar-refractivity contribution in [1.82, 2.24) is 10.2 Å². The van der Waals surface area contributed by atoms with Crippen LogP contribution in [-0.4, -0.2) is 42.4 Å². The van der Waals surface area contributed by atoms with E-state index in [1.807, 2.05) is 4.90 Å². The van der Waals surface area contributed by atoms with Gasteiger partial charge in [-0.05, 0) is 37.9 Å². The van der Waals surface area contributed by atoms with E-state index in [0.29, 0.717) is 29.1 Å². The summed E-state index contributed by atoms with van der Waals surface area (Å²) in [7, 11) is 0. The third kappa shape index (κ3) is 4.03. The van der Waals surface area contributed by atoms with E-state index in [1.54, 1.807) is 24.3 Å². The zero-order chi connectivity index (χ0) is 15.4. The normalized spacial score (nSPS) is 22.2. The van der Waals surface area contributed by atoms with Crippen LogP contribution in [0.4, 0.5) is 0 Å². The molecule has 0 spiro atoms. The molecule has 1 aliphatic heterocycles. The van der Waals surface area contributed by atoms with Crippen LogP contribution in [-0.2, 0) is 4.79 Å². The van der Waals surface area contributed by atoms with Crippen LogP contribution < -0.4 is 11.1 Å². The van der Waals surface area contributed by atoms with Crippen molar-refractivity contribution < 1.29 is 9.59 Å². The number of nitrogens with one attached hydrogen (secondary N) is 1. The zero-order valence-corrected chi connectivity index (χ0v) is 12.8. The lowest BCUT2D eigenvalue weighted by molar-refractivity contribution is -0.121. The second-order valence-electron chi connectivity index (χ2n) is 5.47. The third-order valence-corrected chi connectivity index (χ3v) is 4.17. The number of halogens is 1. The van der Waals surface area contributed by atoms with Gasteiger partial charge < -0.3 is 5.73 Å². The molecule has 0 radical (unpaired) electrons. The van der Waals surface area contributed by atoms with Crippen LogP contribution in [0.2, 0.25) is 5.02 Å². The van der Waals surface area contributed by atoms with Crippen molar-refractivity contribution in [2.45, 2.75) is 19.4 Å². The Morgan fingerprint density at radius 1 is 1.43 bits per heavy atom. The lowest BCUT2D eigenvalue weighted by Crippen LogP contribution is -2.41. The van der Waals surface area contributed by atoms with Gasteiger partial charge in [0.15, 0.2) is 0 Å². The van der Waals surface area contributed by atoms with E-state index in [2.05, 4.69) is 12.2 Å². The maximum atomic E-state index is 12.0. The number of carbonyl (C=O) groups excluding carboxylic acids is 2. The van der Waals surface area contributed by atoms with Gasteiger partial charge in [0.25, 0.3) is 5.91 Å². The van der Waals surface area contributed by atoms with Gasteiger partial charge in [-0.25, -0.2) is 0 Å². The van der Waals surface area contributed by atoms with Gasteiger partial charge in [-0.15, -0.1) is 0 Å². The van der Waals surface area contributed by atoms with Crippen LogP contribution in [0.1, 0.15) is 23.7 Å². The van der Waals surface area contributed by atoms with Gasteiger partial charge in [0.05, 0.1) is 17.1 Å². The zero-order valence-electron chi connectivity index (χ0n) is 12.0. The quantitative estimate of drug-likeness (QED) is 0.878. The molecular formula is C15H20ClN3O2. The Balaban J connectivity index is 1.90. The number of imide groups is 1. The van der Waals surface area contributed by atoms with Gasteiger partial charge in [0.2, 0.25) is 5.91 Å². The van der Waals surface area contributed by atoms with E-state index >= 15 is 0 Å². The number of amides is 2. The molecule has 0 bridgehead atoms. The van der Waals surface area contributed by atoms with Crippen LogP contribution in [0, 0.1) is 5.92 Å². The van der Waals surface area contributed by atoms with E-state index in [4.69, 9.17) is 17.3 Å². The van der Waals surface area contributed by atoms with Crippen LogP contribution >= 0.6 is 11.6 Å². The number of nitrogens with zero attached hydrogens (tertiary/aromatic N) is 1. The van der Waals surface area contributed by atoms with E-state index in [9.17, 15) is 9.59 Å². The molecule has 1 aromatic rings. The smallest absolute Gasteiger partial charge is 0.259 e. The molecule has 0 saturated carbocycles. The molecule has 114 valence electrons. The molecule has 2 atom stereocenters. The molecule has 5 nitrogen and oxygen atoms in total. The average molecular weight is 310 g/mol. The highest BCUT2D eigenvalue weighted by atomic mass is 35.5. The number of rotatable bonds is 4. The van der Waals surface area contributed by atoms with Crippen LogP contribution in [0.25, 0.3) is 0 Å². The highest BCUT2D eigenvalue weighted by molar-refractivity contribution is 6.34. The fourth-order valence-corrected chi connectivity index (χ4v) is 2.89. The monoisotopic (exact) mass is 309 g/mol. The van der Waals surface area contributed by atoms with E-state index < -0.39 is 5.91 Å². The summed E-state index contributed by atoms with van der Waals surface area (Å²) in [6.45, 7) is 3.69. The molecule has 2 rings (SSSR count). The van der Waals surface area contributed by atoms with Gasteiger partial charge >= 0.3 is 0 Å². The maximum absolute atomic E-state index is 12.0. The minimum Gasteiger partial charge on any atom is -0.330 e. The first kappa shape index (κ1) is 15.9. The first-order valence-corrected chi connectivity index (χ1v) is 7.42. The molecule has 1 saturated heterocycles. The van der Waals surface area contributed by atoms with Crippen molar-refractivity contribution in [2.24, 2.45) is 11.7 Å². The average Bonchev–Trinajstić information content (AvgIpc) is 2.79. The van der Waals surface area contributed by atoms with Crippen LogP contribution in [0.5, 0.6) is 0 Å². The number of carbonyl (C=O) groups is 2. The second-order valence-corrected chi connectivity index (χ2v) is 5.88. The van der Waals surface area contributed by atoms with Crippen molar-refractivity contribution in [3.8, 4) is 0 Å². The Labute approximate surface area is 129 Å². The van der Waals surface area contributed by atoms with Gasteiger partial charge in [0.1, 0.15) is 0 Å². The largest absolute Gasteiger partial charge is 0.330 e. The Morgan fingerprint density at radius 3 is 2.76 bits per heavy atom. The highest BCUT2D eigenvalue weighted by Gasteiger charge is 2.29. The number of nitrogens with two attached hydrogens (primary N) is 1. The van der Waals surface area contributed by atoms with Crippen LogP contribution in [0.3, 0.4) is 0 Å². The fraction of sp³-hybridized carbons (Fsp3) is 0.467. The summed E-state index contributed by atoms with van der Waals surface area (Å²) in [6.07, 6.45) is 0.988. The molecule has 3 N–H and O–H groups in total. The molecule has 0 aliphatic carbocycles. The number of hydrogen-bond acceptors (Lipinski definition) is 4. The summed E-state index contributed by atoms with van der Waals surface area (Å²) >= 11 is 5.94. The summed E-state index contributed by atoms with van der Waals surface area (Å²) in [6, 6.07) is 6.96. The van der Waals surface area contributed by atoms with Crippen molar-refractivity contribution in [1.29, 1.82) is 0 Å². The van der Waals surface area contributed by atoms with E-state index in [-0.39, 0.29) is 12.5 Å². The molecule has 6 heteroatoms. The SMILES string of the molecule is CC1CC(CN)CN1CC(=O)NC(=O)c1ccccc1Cl. The lowest BCUT2D eigenvalue weighted by atomic mass is 10.1. The lowest BCUT2D eigenvalue weighted by Gasteiger charge is -2.20. The first-order valence-electron chi connectivity index (χ1n) is 7.04. The van der Waals surface area contributed by atoms with Gasteiger partial charge in [0, 0.05) is 12.6 Å². The van der Waals surface area contributed by atoms with Crippen molar-refractivity contribution in [3.05, 3.63) is 34.9 Å². The third-order valence-electron chi connectivity index (χ3n) is 3.84. The molecule has 1 fully saturated rings. The Hall–Kier alpha value is -1.43. The summed E-state index contributed by atoms with van der Waals surface area (Å²) < 4.78 is 0. The molecule has 1 aliphatic rings. The van der Waals surface area contributed by atoms with Crippen molar-refractivity contribution in [2.75, 3.05) is 19.6 Å². The Kier molecular flexibility index (Phi) is 5.33. The predicted molar refractivity (Wildman–Crippen MR) is 82.1 cm³/mol. The second kappa shape index (κ2) is 7.02. The van der Waals surface area contributed by atoms with Gasteiger partial charge in [-0.1, -0.05) is 23.7 Å². The minimum atomic E-state index is -0.465. The van der Waals surface area contributed by atoms with Gasteiger partial charge in [-0.3, -0.25) is 19.8 Å². The topological polar surface area (TPSA) is 75.4 Å². The molecule has 1 heterocycles. The molecule has 2 amide bonds. The predicted octanol–water partition coefficient (Wildman–Crippen LogP) is 1.27. The molecule has 1 aromatic carbocycles.